The van der Waals surface area contributed by atoms with Crippen LogP contribution in [0.25, 0.3) is 0 Å². The summed E-state index contributed by atoms with van der Waals surface area (Å²) in [5.74, 6) is -0.905. The van der Waals surface area contributed by atoms with Gasteiger partial charge in [-0.2, -0.15) is 0 Å². The molecule has 0 fully saturated rings. The third kappa shape index (κ3) is 38.9. The molecule has 0 aromatic carbocycles. The third-order valence-corrected chi connectivity index (χ3v) is 3.48. The Bertz CT molecular complexity index is 241. The zero-order chi connectivity index (χ0) is 18.0. The Kier molecular flexibility index (Phi) is 19.1. The summed E-state index contributed by atoms with van der Waals surface area (Å²) >= 11 is 0. The van der Waals surface area contributed by atoms with Gasteiger partial charge >= 0.3 is 0 Å². The molecule has 0 saturated carbocycles. The SMILES string of the molecule is CCCCCCCCCCCCCCCC(=O)[O-].C[N+](C)(C)C. The zero-order valence-electron chi connectivity index (χ0n) is 16.7. The van der Waals surface area contributed by atoms with E-state index in [1.807, 2.05) is 0 Å². The molecule has 0 rings (SSSR count). The number of hydrogen-bond donors (Lipinski definition) is 0. The number of hydrogen-bond acceptors (Lipinski definition) is 2. The van der Waals surface area contributed by atoms with Gasteiger partial charge in [0, 0.05) is 5.97 Å². The number of carboxylic acids is 1. The van der Waals surface area contributed by atoms with Gasteiger partial charge in [0.1, 0.15) is 0 Å². The highest BCUT2D eigenvalue weighted by atomic mass is 16.4. The van der Waals surface area contributed by atoms with E-state index in [-0.39, 0.29) is 6.42 Å². The Morgan fingerprint density at radius 1 is 0.652 bits per heavy atom. The first kappa shape index (κ1) is 24.7. The monoisotopic (exact) mass is 329 g/mol. The molecule has 0 heterocycles. The fourth-order valence-corrected chi connectivity index (χ4v) is 2.29. The minimum atomic E-state index is -0.905. The second kappa shape index (κ2) is 17.8. The van der Waals surface area contributed by atoms with Crippen LogP contribution in [0.4, 0.5) is 0 Å². The summed E-state index contributed by atoms with van der Waals surface area (Å²) in [6, 6.07) is 0. The molecule has 3 heteroatoms. The summed E-state index contributed by atoms with van der Waals surface area (Å²) in [5.41, 5.74) is 0. The lowest BCUT2D eigenvalue weighted by Crippen LogP contribution is -2.27. The number of unbranched alkanes of at least 4 members (excludes halogenated alkanes) is 12. The van der Waals surface area contributed by atoms with E-state index in [9.17, 15) is 9.90 Å². The average molecular weight is 330 g/mol. The van der Waals surface area contributed by atoms with Crippen molar-refractivity contribution in [3.63, 3.8) is 0 Å². The number of aliphatic carboxylic acids is 1. The van der Waals surface area contributed by atoms with Gasteiger partial charge in [-0.25, -0.2) is 0 Å². The van der Waals surface area contributed by atoms with E-state index < -0.39 is 5.97 Å². The first-order valence-corrected chi connectivity index (χ1v) is 9.76. The molecule has 0 unspecified atom stereocenters. The Morgan fingerprint density at radius 2 is 0.913 bits per heavy atom. The molecule has 0 aromatic heterocycles. The van der Waals surface area contributed by atoms with Gasteiger partial charge in [0.05, 0.1) is 28.2 Å². The van der Waals surface area contributed by atoms with Crippen LogP contribution in [0.15, 0.2) is 0 Å². The Balaban J connectivity index is 0. The van der Waals surface area contributed by atoms with E-state index in [1.54, 1.807) is 0 Å². The van der Waals surface area contributed by atoms with E-state index in [0.29, 0.717) is 0 Å². The molecule has 0 aliphatic heterocycles. The molecular weight excluding hydrogens is 286 g/mol. The number of carbonyl (C=O) groups excluding carboxylic acids is 1. The van der Waals surface area contributed by atoms with Crippen molar-refractivity contribution in [3.05, 3.63) is 0 Å². The normalized spacial score (nSPS) is 11.0. The maximum absolute atomic E-state index is 10.2. The van der Waals surface area contributed by atoms with Crippen molar-refractivity contribution in [2.45, 2.75) is 96.8 Å². The van der Waals surface area contributed by atoms with Gasteiger partial charge in [-0.15, -0.1) is 0 Å². The predicted molar refractivity (Wildman–Crippen MR) is 99.3 cm³/mol. The van der Waals surface area contributed by atoms with E-state index >= 15 is 0 Å². The highest BCUT2D eigenvalue weighted by molar-refractivity contribution is 5.63. The van der Waals surface area contributed by atoms with Gasteiger partial charge in [-0.3, -0.25) is 0 Å². The lowest BCUT2D eigenvalue weighted by Gasteiger charge is -2.14. The predicted octanol–water partition coefficient (Wildman–Crippen LogP) is 4.54. The molecular formula is C20H43NO2. The minimum Gasteiger partial charge on any atom is -0.550 e. The quantitative estimate of drug-likeness (QED) is 0.347. The highest BCUT2D eigenvalue weighted by Crippen LogP contribution is 2.12. The van der Waals surface area contributed by atoms with Gasteiger partial charge in [0.15, 0.2) is 0 Å². The van der Waals surface area contributed by atoms with Crippen LogP contribution in [0.5, 0.6) is 0 Å². The van der Waals surface area contributed by atoms with Crippen molar-refractivity contribution in [3.8, 4) is 0 Å². The lowest BCUT2D eigenvalue weighted by atomic mass is 10.0. The third-order valence-electron chi connectivity index (χ3n) is 3.48. The van der Waals surface area contributed by atoms with Crippen LogP contribution in [0.1, 0.15) is 96.8 Å². The standard InChI is InChI=1S/C16H32O2.C4H12N/c1-2-3-4-5-6-7-8-9-10-11-12-13-14-15-16(17)18;1-5(2,3)4/h2-15H2,1H3,(H,17,18);1-4H3/q;+1/p-1. The molecule has 0 N–H and O–H groups in total. The minimum absolute atomic E-state index is 0.234. The van der Waals surface area contributed by atoms with Gasteiger partial charge in [0.25, 0.3) is 0 Å². The molecule has 0 saturated heterocycles. The number of carboxylic acid groups (broad SMARTS) is 1. The molecule has 0 radical (unpaired) electrons. The van der Waals surface area contributed by atoms with E-state index in [0.717, 1.165) is 17.3 Å². The summed E-state index contributed by atoms with van der Waals surface area (Å²) in [7, 11) is 8.50. The molecule has 23 heavy (non-hydrogen) atoms. The largest absolute Gasteiger partial charge is 0.550 e. The van der Waals surface area contributed by atoms with Gasteiger partial charge < -0.3 is 14.4 Å². The highest BCUT2D eigenvalue weighted by Gasteiger charge is 1.94. The van der Waals surface area contributed by atoms with Crippen LogP contribution in [-0.4, -0.2) is 38.6 Å². The first-order valence-electron chi connectivity index (χ1n) is 9.76. The fourth-order valence-electron chi connectivity index (χ4n) is 2.29. The van der Waals surface area contributed by atoms with Crippen molar-refractivity contribution in [1.82, 2.24) is 0 Å². The Morgan fingerprint density at radius 3 is 1.17 bits per heavy atom. The maximum atomic E-state index is 10.2. The van der Waals surface area contributed by atoms with Gasteiger partial charge in [-0.1, -0.05) is 84.0 Å². The van der Waals surface area contributed by atoms with Crippen molar-refractivity contribution in [2.24, 2.45) is 0 Å². The van der Waals surface area contributed by atoms with Crippen molar-refractivity contribution in [2.75, 3.05) is 28.2 Å². The molecule has 140 valence electrons. The number of rotatable bonds is 14. The number of carbonyl (C=O) groups is 1. The topological polar surface area (TPSA) is 40.1 Å². The fraction of sp³-hybridized carbons (Fsp3) is 0.950. The van der Waals surface area contributed by atoms with Gasteiger partial charge in [-0.05, 0) is 12.8 Å². The maximum Gasteiger partial charge on any atom is 0.0675 e. The summed E-state index contributed by atoms with van der Waals surface area (Å²) in [6.07, 6.45) is 16.9. The zero-order valence-corrected chi connectivity index (χ0v) is 16.7. The van der Waals surface area contributed by atoms with Crippen molar-refractivity contribution >= 4 is 5.97 Å². The molecule has 0 aliphatic carbocycles. The summed E-state index contributed by atoms with van der Waals surface area (Å²) in [4.78, 5) is 10.2. The van der Waals surface area contributed by atoms with E-state index in [4.69, 9.17) is 0 Å². The lowest BCUT2D eigenvalue weighted by molar-refractivity contribution is -0.849. The van der Waals surface area contributed by atoms with E-state index in [2.05, 4.69) is 35.1 Å². The Labute approximate surface area is 146 Å². The number of quaternary nitrogens is 1. The summed E-state index contributed by atoms with van der Waals surface area (Å²) in [5, 5.41) is 10.2. The number of nitrogens with zero attached hydrogens (tertiary/aromatic N) is 1. The van der Waals surface area contributed by atoms with Crippen LogP contribution >= 0.6 is 0 Å². The molecule has 0 spiro atoms. The molecule has 3 nitrogen and oxygen atoms in total. The van der Waals surface area contributed by atoms with Crippen LogP contribution < -0.4 is 5.11 Å². The second-order valence-corrected chi connectivity index (χ2v) is 8.05. The van der Waals surface area contributed by atoms with Crippen LogP contribution in [0.3, 0.4) is 0 Å². The average Bonchev–Trinajstić information content (AvgIpc) is 2.42. The van der Waals surface area contributed by atoms with Crippen LogP contribution in [0, 0.1) is 0 Å². The molecule has 0 amide bonds. The summed E-state index contributed by atoms with van der Waals surface area (Å²) < 4.78 is 1.00. The molecule has 0 aliphatic rings. The van der Waals surface area contributed by atoms with Crippen LogP contribution in [-0.2, 0) is 4.79 Å². The first-order chi connectivity index (χ1) is 10.8. The van der Waals surface area contributed by atoms with Crippen molar-refractivity contribution < 1.29 is 14.4 Å². The molecule has 0 bridgehead atoms. The Hall–Kier alpha value is -0.570. The van der Waals surface area contributed by atoms with E-state index in [1.165, 1.54) is 70.6 Å². The molecule has 0 atom stereocenters. The smallest absolute Gasteiger partial charge is 0.0675 e. The summed E-state index contributed by atoms with van der Waals surface area (Å²) in [6.45, 7) is 2.26. The van der Waals surface area contributed by atoms with Gasteiger partial charge in [0.2, 0.25) is 0 Å². The second-order valence-electron chi connectivity index (χ2n) is 8.05. The van der Waals surface area contributed by atoms with Crippen LogP contribution in [0.2, 0.25) is 0 Å². The molecule has 0 aromatic rings. The van der Waals surface area contributed by atoms with Crippen molar-refractivity contribution in [1.29, 1.82) is 0 Å².